The summed E-state index contributed by atoms with van der Waals surface area (Å²) in [5.74, 6) is 0.749. The van der Waals surface area contributed by atoms with Crippen LogP contribution >= 0.6 is 0 Å². The smallest absolute Gasteiger partial charge is 0.258 e. The van der Waals surface area contributed by atoms with Gasteiger partial charge in [-0.25, -0.2) is 4.98 Å². The Balaban J connectivity index is 1.35. The number of anilines is 1. The lowest BCUT2D eigenvalue weighted by Crippen LogP contribution is -2.11. The molecule has 5 rings (SSSR count). The molecule has 0 fully saturated rings. The summed E-state index contributed by atoms with van der Waals surface area (Å²) in [5.41, 5.74) is 4.81. The number of rotatable bonds is 4. The van der Waals surface area contributed by atoms with Crippen molar-refractivity contribution in [3.63, 3.8) is 0 Å². The zero-order valence-corrected chi connectivity index (χ0v) is 16.1. The number of nitrogens with zero attached hydrogens (tertiary/aromatic N) is 4. The van der Waals surface area contributed by atoms with Gasteiger partial charge in [0, 0.05) is 29.4 Å². The van der Waals surface area contributed by atoms with Crippen molar-refractivity contribution in [2.45, 2.75) is 0 Å². The highest BCUT2D eigenvalue weighted by Gasteiger charge is 2.13. The molecule has 0 unspecified atom stereocenters. The average molecular weight is 395 g/mol. The second-order valence-corrected chi connectivity index (χ2v) is 6.88. The van der Waals surface area contributed by atoms with E-state index in [9.17, 15) is 4.79 Å². The molecular formula is C23H17N5O2. The van der Waals surface area contributed by atoms with E-state index in [-0.39, 0.29) is 5.91 Å². The van der Waals surface area contributed by atoms with Gasteiger partial charge in [-0.3, -0.25) is 4.79 Å². The molecule has 0 saturated heterocycles. The topological polar surface area (TPSA) is 85.8 Å². The quantitative estimate of drug-likeness (QED) is 0.483. The van der Waals surface area contributed by atoms with E-state index in [4.69, 9.17) is 4.52 Å². The molecule has 7 nitrogen and oxygen atoms in total. The van der Waals surface area contributed by atoms with Gasteiger partial charge in [0.2, 0.25) is 5.82 Å². The lowest BCUT2D eigenvalue weighted by Gasteiger charge is -2.05. The van der Waals surface area contributed by atoms with E-state index in [1.54, 1.807) is 30.6 Å². The first kappa shape index (κ1) is 17.8. The molecule has 7 heteroatoms. The zero-order chi connectivity index (χ0) is 20.5. The fourth-order valence-electron chi connectivity index (χ4n) is 3.22. The SMILES string of the molecule is Cn1cnc2cc(-c3noc(-c4ccc(NC(=O)c5ccccc5)cc4)n3)ccc21. The lowest BCUT2D eigenvalue weighted by atomic mass is 10.1. The molecule has 0 aliphatic heterocycles. The van der Waals surface area contributed by atoms with Gasteiger partial charge < -0.3 is 14.4 Å². The van der Waals surface area contributed by atoms with Gasteiger partial charge in [0.05, 0.1) is 17.4 Å². The summed E-state index contributed by atoms with van der Waals surface area (Å²) >= 11 is 0. The minimum atomic E-state index is -0.159. The van der Waals surface area contributed by atoms with Crippen molar-refractivity contribution in [1.82, 2.24) is 19.7 Å². The standard InChI is InChI=1S/C23H17N5O2/c1-28-14-24-19-13-17(9-12-20(19)28)21-26-23(30-27-21)16-7-10-18(11-8-16)25-22(29)15-5-3-2-4-6-15/h2-14H,1H3,(H,25,29). The van der Waals surface area contributed by atoms with Crippen LogP contribution in [0.25, 0.3) is 33.9 Å². The van der Waals surface area contributed by atoms with Gasteiger partial charge in [-0.1, -0.05) is 23.4 Å². The zero-order valence-electron chi connectivity index (χ0n) is 16.1. The van der Waals surface area contributed by atoms with E-state index in [1.165, 1.54) is 0 Å². The van der Waals surface area contributed by atoms with Crippen molar-refractivity contribution >= 4 is 22.6 Å². The molecule has 3 aromatic carbocycles. The molecule has 0 spiro atoms. The van der Waals surface area contributed by atoms with Crippen molar-refractivity contribution in [3.05, 3.63) is 84.7 Å². The van der Waals surface area contributed by atoms with Crippen LogP contribution in [0, 0.1) is 0 Å². The Morgan fingerprint density at radius 2 is 1.73 bits per heavy atom. The molecule has 1 amide bonds. The van der Waals surface area contributed by atoms with Crippen LogP contribution in [0.5, 0.6) is 0 Å². The summed E-state index contributed by atoms with van der Waals surface area (Å²) in [6.45, 7) is 0. The van der Waals surface area contributed by atoms with Gasteiger partial charge >= 0.3 is 0 Å². The van der Waals surface area contributed by atoms with Crippen LogP contribution in [0.1, 0.15) is 10.4 Å². The van der Waals surface area contributed by atoms with Gasteiger partial charge in [0.15, 0.2) is 0 Å². The molecule has 5 aromatic rings. The second-order valence-electron chi connectivity index (χ2n) is 6.88. The minimum absolute atomic E-state index is 0.159. The Kier molecular flexibility index (Phi) is 4.33. The lowest BCUT2D eigenvalue weighted by molar-refractivity contribution is 0.102. The minimum Gasteiger partial charge on any atom is -0.334 e. The predicted octanol–water partition coefficient (Wildman–Crippen LogP) is 4.54. The third-order valence-electron chi connectivity index (χ3n) is 4.84. The Bertz CT molecular complexity index is 1340. The van der Waals surface area contributed by atoms with E-state index in [1.807, 2.05) is 60.1 Å². The highest BCUT2D eigenvalue weighted by atomic mass is 16.5. The number of aryl methyl sites for hydroxylation is 1. The van der Waals surface area contributed by atoms with E-state index in [0.29, 0.717) is 23.0 Å². The second kappa shape index (κ2) is 7.29. The predicted molar refractivity (Wildman–Crippen MR) is 114 cm³/mol. The molecule has 0 aliphatic carbocycles. The van der Waals surface area contributed by atoms with Gasteiger partial charge in [-0.2, -0.15) is 4.98 Å². The summed E-state index contributed by atoms with van der Waals surface area (Å²) in [7, 11) is 1.95. The monoisotopic (exact) mass is 395 g/mol. The Morgan fingerprint density at radius 1 is 0.967 bits per heavy atom. The number of nitrogens with one attached hydrogen (secondary N) is 1. The molecule has 0 bridgehead atoms. The number of fused-ring (bicyclic) bond motifs is 1. The third kappa shape index (κ3) is 3.33. The van der Waals surface area contributed by atoms with Crippen LogP contribution in [-0.2, 0) is 7.05 Å². The van der Waals surface area contributed by atoms with E-state index < -0.39 is 0 Å². The summed E-state index contributed by atoms with van der Waals surface area (Å²) in [6.07, 6.45) is 1.77. The molecule has 0 saturated carbocycles. The van der Waals surface area contributed by atoms with Crippen LogP contribution in [0.3, 0.4) is 0 Å². The number of imidazole rings is 1. The number of carbonyl (C=O) groups is 1. The highest BCUT2D eigenvalue weighted by Crippen LogP contribution is 2.25. The normalized spacial score (nSPS) is 11.0. The molecule has 146 valence electrons. The van der Waals surface area contributed by atoms with Crippen molar-refractivity contribution in [3.8, 4) is 22.8 Å². The Morgan fingerprint density at radius 3 is 2.53 bits per heavy atom. The molecule has 1 N–H and O–H groups in total. The first-order valence-electron chi connectivity index (χ1n) is 9.39. The van der Waals surface area contributed by atoms with E-state index >= 15 is 0 Å². The van der Waals surface area contributed by atoms with Crippen LogP contribution in [0.4, 0.5) is 5.69 Å². The van der Waals surface area contributed by atoms with Gasteiger partial charge in [-0.05, 0) is 54.6 Å². The number of amides is 1. The number of hydrogen-bond donors (Lipinski definition) is 1. The third-order valence-corrected chi connectivity index (χ3v) is 4.84. The van der Waals surface area contributed by atoms with Crippen LogP contribution in [0.2, 0.25) is 0 Å². The first-order valence-corrected chi connectivity index (χ1v) is 9.39. The molecule has 0 atom stereocenters. The van der Waals surface area contributed by atoms with Crippen molar-refractivity contribution in [2.75, 3.05) is 5.32 Å². The number of benzene rings is 3. The Hall–Kier alpha value is -4.26. The summed E-state index contributed by atoms with van der Waals surface area (Å²) in [6, 6.07) is 22.2. The molecule has 2 aromatic heterocycles. The maximum absolute atomic E-state index is 12.3. The largest absolute Gasteiger partial charge is 0.334 e. The van der Waals surface area contributed by atoms with Crippen LogP contribution in [0.15, 0.2) is 83.6 Å². The molecular weight excluding hydrogens is 378 g/mol. The van der Waals surface area contributed by atoms with E-state index in [0.717, 1.165) is 22.2 Å². The van der Waals surface area contributed by atoms with Crippen molar-refractivity contribution < 1.29 is 9.32 Å². The summed E-state index contributed by atoms with van der Waals surface area (Å²) in [5, 5.41) is 6.97. The van der Waals surface area contributed by atoms with Gasteiger partial charge in [-0.15, -0.1) is 0 Å². The van der Waals surface area contributed by atoms with Crippen LogP contribution < -0.4 is 5.32 Å². The van der Waals surface area contributed by atoms with Crippen molar-refractivity contribution in [1.29, 1.82) is 0 Å². The summed E-state index contributed by atoms with van der Waals surface area (Å²) < 4.78 is 7.40. The molecule has 0 aliphatic rings. The average Bonchev–Trinajstić information content (AvgIpc) is 3.42. The molecule has 2 heterocycles. The number of carbonyl (C=O) groups excluding carboxylic acids is 1. The van der Waals surface area contributed by atoms with Gasteiger partial charge in [0.25, 0.3) is 11.8 Å². The van der Waals surface area contributed by atoms with Crippen molar-refractivity contribution in [2.24, 2.45) is 7.05 Å². The summed E-state index contributed by atoms with van der Waals surface area (Å²) in [4.78, 5) is 21.1. The maximum Gasteiger partial charge on any atom is 0.258 e. The fourth-order valence-corrected chi connectivity index (χ4v) is 3.22. The van der Waals surface area contributed by atoms with Crippen LogP contribution in [-0.4, -0.2) is 25.6 Å². The molecule has 30 heavy (non-hydrogen) atoms. The van der Waals surface area contributed by atoms with Gasteiger partial charge in [0.1, 0.15) is 0 Å². The fraction of sp³-hybridized carbons (Fsp3) is 0.0435. The highest BCUT2D eigenvalue weighted by molar-refractivity contribution is 6.04. The maximum atomic E-state index is 12.3. The number of aromatic nitrogens is 4. The Labute approximate surface area is 172 Å². The molecule has 0 radical (unpaired) electrons. The number of hydrogen-bond acceptors (Lipinski definition) is 5. The van der Waals surface area contributed by atoms with E-state index in [2.05, 4.69) is 20.4 Å². The first-order chi connectivity index (χ1) is 14.7.